The molecule has 14 heavy (non-hydrogen) atoms. The van der Waals surface area contributed by atoms with Crippen LogP contribution >= 0.6 is 11.6 Å². The Kier molecular flexibility index (Phi) is 3.40. The normalized spacial score (nSPS) is 11.7. The summed E-state index contributed by atoms with van der Waals surface area (Å²) in [4.78, 5) is 0. The van der Waals surface area contributed by atoms with Gasteiger partial charge in [0.2, 0.25) is 0 Å². The first-order valence-electron chi connectivity index (χ1n) is 4.53. The number of halogens is 1. The predicted molar refractivity (Wildman–Crippen MR) is 57.7 cm³/mol. The maximum absolute atomic E-state index is 9.58. The number of aliphatic hydroxyl groups excluding tert-OH is 1. The molecule has 0 saturated heterocycles. The van der Waals surface area contributed by atoms with E-state index in [1.807, 2.05) is 13.8 Å². The van der Waals surface area contributed by atoms with Crippen molar-refractivity contribution in [2.75, 3.05) is 6.61 Å². The standard InChI is InChI=1S/C11H15ClO2/c1-11(2,7-13)6-8-9(12)4-3-5-10(8)14/h3-5,13-14H,6-7H2,1-2H3. The lowest BCUT2D eigenvalue weighted by Gasteiger charge is -2.22. The number of aromatic hydroxyl groups is 1. The minimum absolute atomic E-state index is 0.0671. The van der Waals surface area contributed by atoms with Gasteiger partial charge in [0.05, 0.1) is 0 Å². The van der Waals surface area contributed by atoms with Crippen LogP contribution < -0.4 is 0 Å². The highest BCUT2D eigenvalue weighted by Gasteiger charge is 2.20. The van der Waals surface area contributed by atoms with Crippen LogP contribution in [0.2, 0.25) is 5.02 Å². The molecule has 0 spiro atoms. The largest absolute Gasteiger partial charge is 0.508 e. The van der Waals surface area contributed by atoms with E-state index in [0.717, 1.165) is 0 Å². The summed E-state index contributed by atoms with van der Waals surface area (Å²) in [6, 6.07) is 5.05. The fourth-order valence-corrected chi connectivity index (χ4v) is 1.49. The molecule has 0 saturated carbocycles. The molecule has 1 aromatic rings. The van der Waals surface area contributed by atoms with E-state index in [4.69, 9.17) is 16.7 Å². The molecule has 0 unspecified atom stereocenters. The van der Waals surface area contributed by atoms with Crippen molar-refractivity contribution >= 4 is 11.6 Å². The lowest BCUT2D eigenvalue weighted by atomic mass is 9.86. The Balaban J connectivity index is 2.97. The second-order valence-corrected chi connectivity index (χ2v) is 4.64. The van der Waals surface area contributed by atoms with Crippen LogP contribution in [-0.2, 0) is 6.42 Å². The van der Waals surface area contributed by atoms with Crippen molar-refractivity contribution in [3.05, 3.63) is 28.8 Å². The lowest BCUT2D eigenvalue weighted by Crippen LogP contribution is -2.20. The van der Waals surface area contributed by atoms with Gasteiger partial charge in [-0.1, -0.05) is 31.5 Å². The van der Waals surface area contributed by atoms with E-state index in [1.165, 1.54) is 0 Å². The van der Waals surface area contributed by atoms with Crippen LogP contribution in [0.3, 0.4) is 0 Å². The molecular weight excluding hydrogens is 200 g/mol. The Labute approximate surface area is 89.1 Å². The second kappa shape index (κ2) is 4.20. The van der Waals surface area contributed by atoms with E-state index in [2.05, 4.69) is 0 Å². The summed E-state index contributed by atoms with van der Waals surface area (Å²) in [6.07, 6.45) is 0.564. The summed E-state index contributed by atoms with van der Waals surface area (Å²) in [5.74, 6) is 0.194. The highest BCUT2D eigenvalue weighted by molar-refractivity contribution is 6.31. The van der Waals surface area contributed by atoms with Crippen molar-refractivity contribution in [2.24, 2.45) is 5.41 Å². The third-order valence-corrected chi connectivity index (χ3v) is 2.53. The molecule has 0 atom stereocenters. The number of phenolic OH excluding ortho intramolecular Hbond substituents is 1. The van der Waals surface area contributed by atoms with Crippen molar-refractivity contribution in [1.82, 2.24) is 0 Å². The maximum Gasteiger partial charge on any atom is 0.120 e. The summed E-state index contributed by atoms with van der Waals surface area (Å²) < 4.78 is 0. The van der Waals surface area contributed by atoms with E-state index < -0.39 is 0 Å². The number of benzene rings is 1. The number of hydrogen-bond donors (Lipinski definition) is 2. The Morgan fingerprint density at radius 1 is 1.36 bits per heavy atom. The van der Waals surface area contributed by atoms with E-state index in [9.17, 15) is 5.11 Å². The van der Waals surface area contributed by atoms with E-state index in [-0.39, 0.29) is 17.8 Å². The van der Waals surface area contributed by atoms with Crippen LogP contribution in [0.4, 0.5) is 0 Å². The van der Waals surface area contributed by atoms with E-state index in [0.29, 0.717) is 17.0 Å². The first kappa shape index (κ1) is 11.3. The Hall–Kier alpha value is -0.730. The van der Waals surface area contributed by atoms with Gasteiger partial charge in [0.25, 0.3) is 0 Å². The van der Waals surface area contributed by atoms with Gasteiger partial charge in [-0.15, -0.1) is 0 Å². The lowest BCUT2D eigenvalue weighted by molar-refractivity contribution is 0.159. The topological polar surface area (TPSA) is 40.5 Å². The molecule has 1 rings (SSSR count). The first-order chi connectivity index (χ1) is 6.46. The minimum atomic E-state index is -0.261. The summed E-state index contributed by atoms with van der Waals surface area (Å²) in [5.41, 5.74) is 0.441. The number of hydrogen-bond acceptors (Lipinski definition) is 2. The molecular formula is C11H15ClO2. The zero-order valence-corrected chi connectivity index (χ0v) is 9.17. The van der Waals surface area contributed by atoms with Gasteiger partial charge in [0.1, 0.15) is 5.75 Å². The van der Waals surface area contributed by atoms with Gasteiger partial charge in [-0.3, -0.25) is 0 Å². The van der Waals surface area contributed by atoms with Gasteiger partial charge >= 0.3 is 0 Å². The van der Waals surface area contributed by atoms with Gasteiger partial charge in [-0.05, 0) is 24.0 Å². The van der Waals surface area contributed by atoms with E-state index >= 15 is 0 Å². The second-order valence-electron chi connectivity index (χ2n) is 4.24. The van der Waals surface area contributed by atoms with Crippen LogP contribution in [0, 0.1) is 5.41 Å². The fraction of sp³-hybridized carbons (Fsp3) is 0.455. The summed E-state index contributed by atoms with van der Waals surface area (Å²) >= 11 is 5.95. The quantitative estimate of drug-likeness (QED) is 0.812. The maximum atomic E-state index is 9.58. The minimum Gasteiger partial charge on any atom is -0.508 e. The van der Waals surface area contributed by atoms with Crippen LogP contribution in [0.1, 0.15) is 19.4 Å². The molecule has 0 aromatic heterocycles. The Morgan fingerprint density at radius 3 is 2.50 bits per heavy atom. The van der Waals surface area contributed by atoms with Crippen molar-refractivity contribution in [1.29, 1.82) is 0 Å². The van der Waals surface area contributed by atoms with Crippen molar-refractivity contribution in [3.8, 4) is 5.75 Å². The predicted octanol–water partition coefficient (Wildman–Crippen LogP) is 2.61. The van der Waals surface area contributed by atoms with Crippen molar-refractivity contribution in [2.45, 2.75) is 20.3 Å². The van der Waals surface area contributed by atoms with Crippen LogP contribution in [0.15, 0.2) is 18.2 Å². The number of aliphatic hydroxyl groups is 1. The SMILES string of the molecule is CC(C)(CO)Cc1c(O)cccc1Cl. The number of phenols is 1. The smallest absolute Gasteiger partial charge is 0.120 e. The molecule has 78 valence electrons. The molecule has 0 aliphatic heterocycles. The highest BCUT2D eigenvalue weighted by Crippen LogP contribution is 2.31. The van der Waals surface area contributed by atoms with Crippen LogP contribution in [0.5, 0.6) is 5.75 Å². The van der Waals surface area contributed by atoms with Gasteiger partial charge in [0.15, 0.2) is 0 Å². The van der Waals surface area contributed by atoms with Gasteiger partial charge in [-0.25, -0.2) is 0 Å². The number of rotatable bonds is 3. The Bertz CT molecular complexity index is 301. The molecule has 0 aliphatic rings. The molecule has 2 nitrogen and oxygen atoms in total. The van der Waals surface area contributed by atoms with E-state index in [1.54, 1.807) is 18.2 Å². The molecule has 0 bridgehead atoms. The molecule has 2 N–H and O–H groups in total. The third kappa shape index (κ3) is 2.63. The molecule has 0 radical (unpaired) electrons. The summed E-state index contributed by atoms with van der Waals surface area (Å²) in [7, 11) is 0. The highest BCUT2D eigenvalue weighted by atomic mass is 35.5. The third-order valence-electron chi connectivity index (χ3n) is 2.18. The average Bonchev–Trinajstić information content (AvgIpc) is 2.12. The average molecular weight is 215 g/mol. The zero-order chi connectivity index (χ0) is 10.8. The van der Waals surface area contributed by atoms with Crippen molar-refractivity contribution < 1.29 is 10.2 Å². The van der Waals surface area contributed by atoms with Gasteiger partial charge < -0.3 is 10.2 Å². The monoisotopic (exact) mass is 214 g/mol. The molecule has 0 amide bonds. The molecule has 1 aromatic carbocycles. The Morgan fingerprint density at radius 2 is 2.00 bits per heavy atom. The summed E-state index contributed by atoms with van der Waals surface area (Å²) in [6.45, 7) is 3.92. The molecule has 0 heterocycles. The van der Waals surface area contributed by atoms with Crippen molar-refractivity contribution in [3.63, 3.8) is 0 Å². The van der Waals surface area contributed by atoms with Crippen LogP contribution in [-0.4, -0.2) is 16.8 Å². The van der Waals surface area contributed by atoms with Crippen LogP contribution in [0.25, 0.3) is 0 Å². The molecule has 3 heteroatoms. The summed E-state index contributed by atoms with van der Waals surface area (Å²) in [5, 5.41) is 19.2. The van der Waals surface area contributed by atoms with Gasteiger partial charge in [0, 0.05) is 17.2 Å². The zero-order valence-electron chi connectivity index (χ0n) is 8.42. The molecule has 0 fully saturated rings. The first-order valence-corrected chi connectivity index (χ1v) is 4.91. The van der Waals surface area contributed by atoms with Gasteiger partial charge in [-0.2, -0.15) is 0 Å². The molecule has 0 aliphatic carbocycles. The fourth-order valence-electron chi connectivity index (χ4n) is 1.26.